The van der Waals surface area contributed by atoms with Crippen LogP contribution in [0, 0.1) is 5.82 Å². The maximum atomic E-state index is 13.4. The van der Waals surface area contributed by atoms with Gasteiger partial charge in [-0.1, -0.05) is 23.7 Å². The fourth-order valence-corrected chi connectivity index (χ4v) is 3.51. The Bertz CT molecular complexity index is 763. The molecule has 4 nitrogen and oxygen atoms in total. The van der Waals surface area contributed by atoms with Gasteiger partial charge in [-0.05, 0) is 42.8 Å². The largest absolute Gasteiger partial charge is 0.495 e. The molecule has 0 radical (unpaired) electrons. The third kappa shape index (κ3) is 3.76. The van der Waals surface area contributed by atoms with Crippen LogP contribution < -0.4 is 9.46 Å². The molecule has 0 bridgehead atoms. The van der Waals surface area contributed by atoms with Gasteiger partial charge in [-0.25, -0.2) is 17.5 Å². The van der Waals surface area contributed by atoms with Gasteiger partial charge in [-0.2, -0.15) is 0 Å². The molecule has 1 atom stereocenters. The molecule has 2 rings (SSSR count). The minimum Gasteiger partial charge on any atom is -0.495 e. The lowest BCUT2D eigenvalue weighted by Gasteiger charge is -2.16. The van der Waals surface area contributed by atoms with Gasteiger partial charge >= 0.3 is 0 Å². The van der Waals surface area contributed by atoms with Crippen LogP contribution in [-0.2, 0) is 10.0 Å². The number of rotatable bonds is 5. The van der Waals surface area contributed by atoms with Gasteiger partial charge in [0.25, 0.3) is 0 Å². The van der Waals surface area contributed by atoms with Gasteiger partial charge in [0, 0.05) is 11.1 Å². The summed E-state index contributed by atoms with van der Waals surface area (Å²) in [6.07, 6.45) is 0. The van der Waals surface area contributed by atoms with Crippen LogP contribution in [0.15, 0.2) is 47.4 Å². The van der Waals surface area contributed by atoms with Crippen molar-refractivity contribution in [3.8, 4) is 5.75 Å². The Hall–Kier alpha value is -1.63. The first-order valence-corrected chi connectivity index (χ1v) is 8.31. The molecule has 0 aliphatic carbocycles. The number of benzene rings is 2. The van der Waals surface area contributed by atoms with Crippen LogP contribution in [0.3, 0.4) is 0 Å². The van der Waals surface area contributed by atoms with E-state index in [1.165, 1.54) is 13.2 Å². The predicted molar refractivity (Wildman–Crippen MR) is 83.1 cm³/mol. The molecule has 0 saturated heterocycles. The van der Waals surface area contributed by atoms with E-state index in [0.29, 0.717) is 5.02 Å². The van der Waals surface area contributed by atoms with Gasteiger partial charge in [0.05, 0.1) is 7.11 Å². The highest BCUT2D eigenvalue weighted by atomic mass is 35.5. The van der Waals surface area contributed by atoms with E-state index in [0.717, 1.165) is 17.7 Å². The van der Waals surface area contributed by atoms with Crippen molar-refractivity contribution in [3.05, 3.63) is 58.9 Å². The zero-order valence-electron chi connectivity index (χ0n) is 12.0. The molecule has 0 saturated carbocycles. The average Bonchev–Trinajstić information content (AvgIpc) is 2.47. The topological polar surface area (TPSA) is 55.4 Å². The first-order chi connectivity index (χ1) is 10.3. The second kappa shape index (κ2) is 6.64. The summed E-state index contributed by atoms with van der Waals surface area (Å²) in [5.74, 6) is -0.572. The lowest BCUT2D eigenvalue weighted by atomic mass is 10.1. The molecule has 0 amide bonds. The quantitative estimate of drug-likeness (QED) is 0.903. The highest BCUT2D eigenvalue weighted by Gasteiger charge is 2.23. The normalized spacial score (nSPS) is 12.9. The van der Waals surface area contributed by atoms with Crippen molar-refractivity contribution in [1.82, 2.24) is 4.72 Å². The Kier molecular flexibility index (Phi) is 5.05. The molecule has 0 heterocycles. The van der Waals surface area contributed by atoms with Crippen molar-refractivity contribution in [2.24, 2.45) is 0 Å². The number of sulfonamides is 1. The lowest BCUT2D eigenvalue weighted by Crippen LogP contribution is -2.27. The molecular formula is C15H15ClFNO3S. The second-order valence-electron chi connectivity index (χ2n) is 4.69. The minimum absolute atomic E-state index is 0.0807. The fraction of sp³-hybridized carbons (Fsp3) is 0.200. The second-order valence-corrected chi connectivity index (χ2v) is 6.81. The highest BCUT2D eigenvalue weighted by Crippen LogP contribution is 2.26. The predicted octanol–water partition coefficient (Wildman–Crippen LogP) is 3.53. The molecule has 0 fully saturated rings. The van der Waals surface area contributed by atoms with E-state index in [2.05, 4.69) is 4.72 Å². The van der Waals surface area contributed by atoms with Crippen LogP contribution in [0.25, 0.3) is 0 Å². The maximum Gasteiger partial charge on any atom is 0.244 e. The standard InChI is InChI=1S/C15H15ClFNO3S/c1-10(11-3-5-12(16)6-4-11)18-22(19,20)15-9-13(17)7-8-14(15)21-2/h3-10,18H,1-2H3/t10-/m0/s1. The molecule has 0 aromatic heterocycles. The van der Waals surface area contributed by atoms with E-state index in [1.54, 1.807) is 31.2 Å². The third-order valence-corrected chi connectivity index (χ3v) is 4.93. The number of nitrogens with one attached hydrogen (secondary N) is 1. The van der Waals surface area contributed by atoms with Gasteiger partial charge in [-0.3, -0.25) is 0 Å². The molecule has 0 unspecified atom stereocenters. The molecule has 0 aliphatic rings. The van der Waals surface area contributed by atoms with Crippen molar-refractivity contribution >= 4 is 21.6 Å². The van der Waals surface area contributed by atoms with Gasteiger partial charge in [0.2, 0.25) is 10.0 Å². The monoisotopic (exact) mass is 343 g/mol. The Morgan fingerprint density at radius 1 is 1.18 bits per heavy atom. The molecule has 118 valence electrons. The van der Waals surface area contributed by atoms with Gasteiger partial charge in [0.15, 0.2) is 0 Å². The average molecular weight is 344 g/mol. The van der Waals surface area contributed by atoms with Gasteiger partial charge in [-0.15, -0.1) is 0 Å². The summed E-state index contributed by atoms with van der Waals surface area (Å²) in [7, 11) is -2.60. The molecule has 0 aliphatic heterocycles. The van der Waals surface area contributed by atoms with Crippen LogP contribution in [0.2, 0.25) is 5.02 Å². The first kappa shape index (κ1) is 16.7. The van der Waals surface area contributed by atoms with E-state index in [1.807, 2.05) is 0 Å². The lowest BCUT2D eigenvalue weighted by molar-refractivity contribution is 0.400. The third-order valence-electron chi connectivity index (χ3n) is 3.12. The SMILES string of the molecule is COc1ccc(F)cc1S(=O)(=O)N[C@@H](C)c1ccc(Cl)cc1. The van der Waals surface area contributed by atoms with Crippen LogP contribution in [0.5, 0.6) is 5.75 Å². The first-order valence-electron chi connectivity index (χ1n) is 6.45. The van der Waals surface area contributed by atoms with Crippen molar-refractivity contribution in [2.75, 3.05) is 7.11 Å². The van der Waals surface area contributed by atoms with E-state index in [9.17, 15) is 12.8 Å². The van der Waals surface area contributed by atoms with Crippen molar-refractivity contribution in [1.29, 1.82) is 0 Å². The number of hydrogen-bond donors (Lipinski definition) is 1. The van der Waals surface area contributed by atoms with E-state index in [4.69, 9.17) is 16.3 Å². The smallest absolute Gasteiger partial charge is 0.244 e. The summed E-state index contributed by atoms with van der Waals surface area (Å²) in [5.41, 5.74) is 0.739. The fourth-order valence-electron chi connectivity index (χ4n) is 1.98. The van der Waals surface area contributed by atoms with Crippen molar-refractivity contribution < 1.29 is 17.5 Å². The van der Waals surface area contributed by atoms with E-state index in [-0.39, 0.29) is 10.6 Å². The summed E-state index contributed by atoms with van der Waals surface area (Å²) in [4.78, 5) is -0.240. The van der Waals surface area contributed by atoms with Gasteiger partial charge in [0.1, 0.15) is 16.5 Å². The number of hydrogen-bond acceptors (Lipinski definition) is 3. The summed E-state index contributed by atoms with van der Waals surface area (Å²) in [5, 5.41) is 0.561. The number of ether oxygens (including phenoxy) is 1. The van der Waals surface area contributed by atoms with E-state index >= 15 is 0 Å². The van der Waals surface area contributed by atoms with Crippen LogP contribution in [0.1, 0.15) is 18.5 Å². The highest BCUT2D eigenvalue weighted by molar-refractivity contribution is 7.89. The summed E-state index contributed by atoms with van der Waals surface area (Å²) < 4.78 is 45.7. The Morgan fingerprint density at radius 3 is 2.41 bits per heavy atom. The van der Waals surface area contributed by atoms with Crippen molar-refractivity contribution in [3.63, 3.8) is 0 Å². The summed E-state index contributed by atoms with van der Waals surface area (Å²) >= 11 is 5.81. The summed E-state index contributed by atoms with van der Waals surface area (Å²) in [6.45, 7) is 1.69. The van der Waals surface area contributed by atoms with E-state index < -0.39 is 21.9 Å². The number of halogens is 2. The maximum absolute atomic E-state index is 13.4. The van der Waals surface area contributed by atoms with Crippen LogP contribution in [-0.4, -0.2) is 15.5 Å². The number of methoxy groups -OCH3 is 1. The molecular weight excluding hydrogens is 329 g/mol. The molecule has 22 heavy (non-hydrogen) atoms. The van der Waals surface area contributed by atoms with Gasteiger partial charge < -0.3 is 4.74 Å². The molecule has 2 aromatic rings. The Morgan fingerprint density at radius 2 is 1.82 bits per heavy atom. The molecule has 1 N–H and O–H groups in total. The minimum atomic E-state index is -3.93. The van der Waals surface area contributed by atoms with Crippen LogP contribution >= 0.6 is 11.6 Å². The van der Waals surface area contributed by atoms with Crippen molar-refractivity contribution in [2.45, 2.75) is 17.9 Å². The molecule has 7 heteroatoms. The summed E-state index contributed by atoms with van der Waals surface area (Å²) in [6, 6.07) is 9.62. The Labute approximate surface area is 133 Å². The molecule has 2 aromatic carbocycles. The zero-order chi connectivity index (χ0) is 16.3. The van der Waals surface area contributed by atoms with Crippen LogP contribution in [0.4, 0.5) is 4.39 Å². The Balaban J connectivity index is 2.31. The zero-order valence-corrected chi connectivity index (χ0v) is 13.6. The molecule has 0 spiro atoms.